The fourth-order valence-corrected chi connectivity index (χ4v) is 3.05. The van der Waals surface area contributed by atoms with Crippen LogP contribution in [0, 0.1) is 0 Å². The van der Waals surface area contributed by atoms with Crippen LogP contribution in [0.4, 0.5) is 13.2 Å². The van der Waals surface area contributed by atoms with Gasteiger partial charge in [0.1, 0.15) is 0 Å². The number of aliphatic carboxylic acids is 2. The van der Waals surface area contributed by atoms with Crippen LogP contribution in [0.2, 0.25) is 0 Å². The Morgan fingerprint density at radius 3 is 1.84 bits per heavy atom. The average Bonchev–Trinajstić information content (AvgIpc) is 2.74. The number of carboxylic acids is 2. The van der Waals surface area contributed by atoms with Crippen LogP contribution in [0.1, 0.15) is 21.5 Å². The number of carbonyl (C=O) groups excluding carboxylic acids is 1. The van der Waals surface area contributed by atoms with E-state index in [9.17, 15) is 18.0 Å². The number of amides is 1. The third-order valence-electron chi connectivity index (χ3n) is 4.58. The molecule has 10 heteroatoms. The van der Waals surface area contributed by atoms with Gasteiger partial charge in [-0.3, -0.25) is 9.69 Å². The molecule has 3 rings (SSSR count). The third-order valence-corrected chi connectivity index (χ3v) is 4.58. The molecule has 0 aromatic heterocycles. The average molecular weight is 438 g/mol. The summed E-state index contributed by atoms with van der Waals surface area (Å²) in [4.78, 5) is 34.3. The van der Waals surface area contributed by atoms with Crippen molar-refractivity contribution in [3.8, 4) is 0 Å². The topological polar surface area (TPSA) is 98.1 Å². The van der Waals surface area contributed by atoms with Crippen LogP contribution in [-0.2, 0) is 22.3 Å². The molecule has 7 nitrogen and oxygen atoms in total. The van der Waals surface area contributed by atoms with Gasteiger partial charge in [0.25, 0.3) is 5.91 Å². The van der Waals surface area contributed by atoms with E-state index in [1.807, 2.05) is 23.1 Å². The summed E-state index contributed by atoms with van der Waals surface area (Å²) in [6, 6.07) is 14.7. The highest BCUT2D eigenvalue weighted by atomic mass is 19.4. The number of hydrogen-bond acceptors (Lipinski definition) is 4. The van der Waals surface area contributed by atoms with Gasteiger partial charge in [0.05, 0.1) is 5.56 Å². The Morgan fingerprint density at radius 2 is 1.32 bits per heavy atom. The minimum Gasteiger partial charge on any atom is -0.473 e. The molecule has 0 bridgehead atoms. The lowest BCUT2D eigenvalue weighted by Gasteiger charge is -2.35. The number of benzene rings is 2. The van der Waals surface area contributed by atoms with Gasteiger partial charge in [0, 0.05) is 38.3 Å². The zero-order chi connectivity index (χ0) is 23.0. The van der Waals surface area contributed by atoms with Gasteiger partial charge in [-0.2, -0.15) is 13.2 Å². The maximum Gasteiger partial charge on any atom is 0.416 e. The van der Waals surface area contributed by atoms with Gasteiger partial charge < -0.3 is 15.1 Å². The quantitative estimate of drug-likeness (QED) is 0.716. The summed E-state index contributed by atoms with van der Waals surface area (Å²) < 4.78 is 39.3. The SMILES string of the molecule is O=C(O)C(=O)O.O=C(c1ccccc1)N1CCN(Cc2ccccc2C(F)(F)F)CC1. The largest absolute Gasteiger partial charge is 0.473 e. The Hall–Kier alpha value is -3.40. The minimum atomic E-state index is -4.35. The van der Waals surface area contributed by atoms with Crippen LogP contribution < -0.4 is 0 Å². The van der Waals surface area contributed by atoms with Gasteiger partial charge in [-0.25, -0.2) is 9.59 Å². The van der Waals surface area contributed by atoms with Crippen molar-refractivity contribution in [2.45, 2.75) is 12.7 Å². The van der Waals surface area contributed by atoms with E-state index in [4.69, 9.17) is 19.8 Å². The molecular weight excluding hydrogens is 417 g/mol. The van der Waals surface area contributed by atoms with Gasteiger partial charge in [0.15, 0.2) is 0 Å². The van der Waals surface area contributed by atoms with E-state index >= 15 is 0 Å². The van der Waals surface area contributed by atoms with Crippen molar-refractivity contribution in [1.82, 2.24) is 9.80 Å². The Bertz CT molecular complexity index is 899. The molecule has 0 saturated carbocycles. The smallest absolute Gasteiger partial charge is 0.416 e. The molecule has 0 radical (unpaired) electrons. The fourth-order valence-electron chi connectivity index (χ4n) is 3.05. The normalized spacial score (nSPS) is 14.4. The number of rotatable bonds is 3. The third kappa shape index (κ3) is 7.10. The molecule has 2 N–H and O–H groups in total. The Balaban J connectivity index is 0.000000501. The standard InChI is InChI=1S/C19H19F3N2O.C2H2O4/c20-19(21,22)17-9-5-4-8-16(17)14-23-10-12-24(13-11-23)18(25)15-6-2-1-3-7-15;3-1(4)2(5)6/h1-9H,10-14H2;(H,3,4)(H,5,6). The molecular formula is C21H21F3N2O5. The van der Waals surface area contributed by atoms with E-state index in [0.29, 0.717) is 31.7 Å². The maximum atomic E-state index is 13.1. The first-order valence-corrected chi connectivity index (χ1v) is 9.27. The first-order chi connectivity index (χ1) is 14.6. The highest BCUT2D eigenvalue weighted by molar-refractivity contribution is 6.27. The van der Waals surface area contributed by atoms with E-state index in [1.165, 1.54) is 12.1 Å². The number of piperazine rings is 1. The molecule has 1 aliphatic heterocycles. The van der Waals surface area contributed by atoms with E-state index in [2.05, 4.69) is 0 Å². The van der Waals surface area contributed by atoms with E-state index in [-0.39, 0.29) is 18.0 Å². The monoisotopic (exact) mass is 438 g/mol. The Morgan fingerprint density at radius 1 is 0.806 bits per heavy atom. The van der Waals surface area contributed by atoms with Crippen LogP contribution in [0.5, 0.6) is 0 Å². The summed E-state index contributed by atoms with van der Waals surface area (Å²) in [7, 11) is 0. The molecule has 1 amide bonds. The van der Waals surface area contributed by atoms with Crippen molar-refractivity contribution < 1.29 is 37.8 Å². The fraction of sp³-hybridized carbons (Fsp3) is 0.286. The van der Waals surface area contributed by atoms with Crippen molar-refractivity contribution in [1.29, 1.82) is 0 Å². The summed E-state index contributed by atoms with van der Waals surface area (Å²) in [5.74, 6) is -3.68. The minimum absolute atomic E-state index is 0.0315. The molecule has 0 unspecified atom stereocenters. The highest BCUT2D eigenvalue weighted by Crippen LogP contribution is 2.32. The molecule has 0 aliphatic carbocycles. The first-order valence-electron chi connectivity index (χ1n) is 9.27. The van der Waals surface area contributed by atoms with Crippen molar-refractivity contribution >= 4 is 17.8 Å². The summed E-state index contributed by atoms with van der Waals surface area (Å²) in [5, 5.41) is 14.8. The van der Waals surface area contributed by atoms with E-state index in [1.54, 1.807) is 23.1 Å². The second-order valence-electron chi connectivity index (χ2n) is 6.70. The van der Waals surface area contributed by atoms with Crippen LogP contribution in [0.3, 0.4) is 0 Å². The van der Waals surface area contributed by atoms with Crippen LogP contribution in [0.15, 0.2) is 54.6 Å². The molecule has 0 atom stereocenters. The second kappa shape index (κ2) is 10.6. The summed E-state index contributed by atoms with van der Waals surface area (Å²) >= 11 is 0. The number of hydrogen-bond donors (Lipinski definition) is 2. The molecule has 1 saturated heterocycles. The lowest BCUT2D eigenvalue weighted by molar-refractivity contribution is -0.159. The molecule has 2 aromatic rings. The molecule has 2 aromatic carbocycles. The highest BCUT2D eigenvalue weighted by Gasteiger charge is 2.33. The van der Waals surface area contributed by atoms with Crippen molar-refractivity contribution in [2.75, 3.05) is 26.2 Å². The lowest BCUT2D eigenvalue weighted by Crippen LogP contribution is -2.48. The van der Waals surface area contributed by atoms with Gasteiger partial charge in [-0.05, 0) is 23.8 Å². The molecule has 31 heavy (non-hydrogen) atoms. The van der Waals surface area contributed by atoms with Crippen molar-refractivity contribution in [3.63, 3.8) is 0 Å². The van der Waals surface area contributed by atoms with E-state index in [0.717, 1.165) is 6.07 Å². The van der Waals surface area contributed by atoms with Crippen molar-refractivity contribution in [3.05, 3.63) is 71.3 Å². The number of nitrogens with zero attached hydrogens (tertiary/aromatic N) is 2. The van der Waals surface area contributed by atoms with Crippen molar-refractivity contribution in [2.24, 2.45) is 0 Å². The van der Waals surface area contributed by atoms with Gasteiger partial charge in [-0.1, -0.05) is 36.4 Å². The number of carbonyl (C=O) groups is 3. The predicted octanol–water partition coefficient (Wildman–Crippen LogP) is 2.82. The second-order valence-corrected chi connectivity index (χ2v) is 6.70. The molecule has 1 aliphatic rings. The Labute approximate surface area is 176 Å². The van der Waals surface area contributed by atoms with E-state index < -0.39 is 23.7 Å². The predicted molar refractivity (Wildman–Crippen MR) is 104 cm³/mol. The van der Waals surface area contributed by atoms with Crippen LogP contribution in [-0.4, -0.2) is 64.0 Å². The summed E-state index contributed by atoms with van der Waals surface area (Å²) in [6.07, 6.45) is -4.35. The molecule has 1 fully saturated rings. The summed E-state index contributed by atoms with van der Waals surface area (Å²) in [5.41, 5.74) is 0.328. The molecule has 1 heterocycles. The number of halogens is 3. The van der Waals surface area contributed by atoms with Gasteiger partial charge in [-0.15, -0.1) is 0 Å². The van der Waals surface area contributed by atoms with Crippen LogP contribution in [0.25, 0.3) is 0 Å². The van der Waals surface area contributed by atoms with Crippen LogP contribution >= 0.6 is 0 Å². The Kier molecular flexibility index (Phi) is 8.14. The molecule has 166 valence electrons. The van der Waals surface area contributed by atoms with Gasteiger partial charge in [0.2, 0.25) is 0 Å². The zero-order valence-electron chi connectivity index (χ0n) is 16.4. The maximum absolute atomic E-state index is 13.1. The lowest BCUT2D eigenvalue weighted by atomic mass is 10.1. The molecule has 0 spiro atoms. The van der Waals surface area contributed by atoms with Gasteiger partial charge >= 0.3 is 18.1 Å². The number of carboxylic acid groups (broad SMARTS) is 2. The number of alkyl halides is 3. The summed E-state index contributed by atoms with van der Waals surface area (Å²) in [6.45, 7) is 2.39. The first kappa shape index (κ1) is 23.9. The zero-order valence-corrected chi connectivity index (χ0v) is 16.4.